The highest BCUT2D eigenvalue weighted by atomic mass is 19.1. The van der Waals surface area contributed by atoms with Crippen molar-refractivity contribution in [2.24, 2.45) is 7.05 Å². The van der Waals surface area contributed by atoms with Crippen LogP contribution in [-0.4, -0.2) is 79.3 Å². The molecule has 8 N–H and O–H groups in total. The van der Waals surface area contributed by atoms with E-state index in [9.17, 15) is 17.3 Å². The Bertz CT molecular complexity index is 347. The molecule has 0 aromatic carbocycles. The van der Waals surface area contributed by atoms with E-state index in [0.717, 1.165) is 6.42 Å². The molecule has 10 nitrogen and oxygen atoms in total. The third kappa shape index (κ3) is 66.0. The number of imidazole rings is 1. The molecule has 0 unspecified atom stereocenters. The molecule has 0 bridgehead atoms. The molecule has 18 heteroatoms. The minimum atomic E-state index is -2.67. The highest BCUT2D eigenvalue weighted by Gasteiger charge is 1.98. The second kappa shape index (κ2) is 23.9. The van der Waals surface area contributed by atoms with Crippen molar-refractivity contribution in [2.45, 2.75) is 26.2 Å². The lowest BCUT2D eigenvalue weighted by atomic mass is 10.2. The first-order valence-electron chi connectivity index (χ1n) is 6.74. The summed E-state index contributed by atoms with van der Waals surface area (Å²) < 4.78 is 42.5. The van der Waals surface area contributed by atoms with Crippen LogP contribution in [0.2, 0.25) is 0 Å². The Kier molecular flexibility index (Phi) is 29.9. The van der Waals surface area contributed by atoms with Gasteiger partial charge in [-0.1, -0.05) is 13.3 Å². The van der Waals surface area contributed by atoms with Gasteiger partial charge in [0.25, 0.3) is 0 Å². The van der Waals surface area contributed by atoms with E-state index >= 15 is 0 Å². The monoisotopic (exact) mass is 394 g/mol. The zero-order valence-electron chi connectivity index (χ0n) is 14.1. The second-order valence-electron chi connectivity index (χ2n) is 3.80. The summed E-state index contributed by atoms with van der Waals surface area (Å²) in [6.07, 6.45) is 7.44. The van der Waals surface area contributed by atoms with E-state index in [1.54, 1.807) is 0 Å². The van der Waals surface area contributed by atoms with Crippen LogP contribution >= 0.6 is 0 Å². The molecule has 0 saturated carbocycles. The smallest absolute Gasteiger partial charge is 0.398 e. The number of hydrogen-bond donors (Lipinski definition) is 8. The van der Waals surface area contributed by atoms with Crippen molar-refractivity contribution in [1.29, 1.82) is 0 Å². The zero-order chi connectivity index (χ0) is 21.7. The van der Waals surface area contributed by atoms with E-state index in [1.165, 1.54) is 18.7 Å². The number of unbranched alkanes of at least 4 members (excludes halogenated alkanes) is 1. The summed E-state index contributed by atoms with van der Waals surface area (Å²) in [6, 6.07) is 0. The topological polar surface area (TPSA) is 180 Å². The average molecular weight is 394 g/mol. The number of halogens is 4. The minimum Gasteiger partial charge on any atom is -0.398 e. The predicted octanol–water partition coefficient (Wildman–Crippen LogP) is -2.54. The number of rotatable bonds is 3. The van der Waals surface area contributed by atoms with E-state index in [0.29, 0.717) is 0 Å². The lowest BCUT2D eigenvalue weighted by Crippen LogP contribution is -1.98. The van der Waals surface area contributed by atoms with E-state index < -0.39 is 29.6 Å². The fourth-order valence-corrected chi connectivity index (χ4v) is 0.972. The maximum Gasteiger partial charge on any atom is 0.674 e. The van der Waals surface area contributed by atoms with Crippen LogP contribution in [0.25, 0.3) is 0 Å². The zero-order valence-corrected chi connectivity index (χ0v) is 14.1. The molecule has 0 radical (unpaired) electrons. The van der Waals surface area contributed by atoms with Crippen molar-refractivity contribution in [3.05, 3.63) is 18.2 Å². The lowest BCUT2D eigenvalue weighted by molar-refractivity contribution is 0.338. The van der Waals surface area contributed by atoms with Gasteiger partial charge in [-0.3, -0.25) is 17.3 Å². The molecule has 1 rings (SSSR count). The van der Waals surface area contributed by atoms with Crippen LogP contribution in [0.15, 0.2) is 12.4 Å². The summed E-state index contributed by atoms with van der Waals surface area (Å²) >= 11 is 0. The molecule has 0 aliphatic rings. The molecule has 0 aliphatic heterocycles. The SMILES string of the molecule is CCCCc1nccn1C.OB(O)F.OB(O)F.OB(O)F.OB(O)F. The molecule has 1 aromatic heterocycles. The Hall–Kier alpha value is -1.13. The van der Waals surface area contributed by atoms with Gasteiger partial charge in [0.15, 0.2) is 0 Å². The Balaban J connectivity index is -0.000000129. The maximum absolute atomic E-state index is 10.1. The van der Waals surface area contributed by atoms with Gasteiger partial charge in [0.2, 0.25) is 0 Å². The molecule has 1 heterocycles. The summed E-state index contributed by atoms with van der Waals surface area (Å²) in [5.41, 5.74) is 0. The molecule has 0 amide bonds. The van der Waals surface area contributed by atoms with Crippen LogP contribution < -0.4 is 0 Å². The van der Waals surface area contributed by atoms with Gasteiger partial charge in [-0.2, -0.15) is 0 Å². The highest BCUT2D eigenvalue weighted by Crippen LogP contribution is 2.00. The number of hydrogen-bond acceptors (Lipinski definition) is 9. The molecule has 1 aromatic rings. The van der Waals surface area contributed by atoms with Gasteiger partial charge < -0.3 is 44.8 Å². The van der Waals surface area contributed by atoms with Crippen LogP contribution in [0.1, 0.15) is 25.6 Å². The second-order valence-corrected chi connectivity index (χ2v) is 3.80. The van der Waals surface area contributed by atoms with E-state index in [4.69, 9.17) is 40.2 Å². The molecule has 26 heavy (non-hydrogen) atoms. The van der Waals surface area contributed by atoms with Crippen molar-refractivity contribution in [3.8, 4) is 0 Å². The Morgan fingerprint density at radius 2 is 1.15 bits per heavy atom. The quantitative estimate of drug-likeness (QED) is 0.203. The minimum absolute atomic E-state index is 1.11. The molecular formula is C8H22B4F4N2O8. The standard InChI is InChI=1S/C8H14N2.4BFH2O2/c1-3-4-5-8-9-6-7-10(8)2;4*2-1(3)4/h6-7H,3-5H2,1-2H3;4*3-4H. The Morgan fingerprint density at radius 1 is 0.846 bits per heavy atom. The van der Waals surface area contributed by atoms with Crippen LogP contribution in [0.5, 0.6) is 0 Å². The van der Waals surface area contributed by atoms with Gasteiger partial charge in [0.1, 0.15) is 5.82 Å². The van der Waals surface area contributed by atoms with Crippen LogP contribution in [-0.2, 0) is 13.5 Å². The first-order valence-corrected chi connectivity index (χ1v) is 6.74. The number of aromatic nitrogens is 2. The van der Waals surface area contributed by atoms with Crippen LogP contribution in [0.4, 0.5) is 17.3 Å². The van der Waals surface area contributed by atoms with Crippen molar-refractivity contribution in [3.63, 3.8) is 0 Å². The normalized spacial score (nSPS) is 8.08. The van der Waals surface area contributed by atoms with Gasteiger partial charge in [0.05, 0.1) is 0 Å². The highest BCUT2D eigenvalue weighted by molar-refractivity contribution is 6.32. The summed E-state index contributed by atoms with van der Waals surface area (Å²) in [7, 11) is -8.63. The number of nitrogens with zero attached hydrogens (tertiary/aromatic N) is 2. The molecule has 0 aliphatic carbocycles. The van der Waals surface area contributed by atoms with Crippen LogP contribution in [0, 0.1) is 0 Å². The van der Waals surface area contributed by atoms with E-state index in [1.807, 2.05) is 19.4 Å². The average Bonchev–Trinajstić information content (AvgIpc) is 2.79. The summed E-state index contributed by atoms with van der Waals surface area (Å²) in [5.74, 6) is 1.20. The van der Waals surface area contributed by atoms with Crippen molar-refractivity contribution in [2.75, 3.05) is 0 Å². The van der Waals surface area contributed by atoms with Gasteiger partial charge >= 0.3 is 29.6 Å². The van der Waals surface area contributed by atoms with E-state index in [-0.39, 0.29) is 0 Å². The molecule has 0 spiro atoms. The van der Waals surface area contributed by atoms with Crippen molar-refractivity contribution >= 4 is 29.6 Å². The summed E-state index contributed by atoms with van der Waals surface area (Å²) in [4.78, 5) is 4.22. The molecule has 0 saturated heterocycles. The fourth-order valence-electron chi connectivity index (χ4n) is 0.972. The lowest BCUT2D eigenvalue weighted by Gasteiger charge is -1.97. The van der Waals surface area contributed by atoms with Crippen molar-refractivity contribution < 1.29 is 57.5 Å². The third-order valence-electron chi connectivity index (χ3n) is 1.67. The molecule has 0 atom stereocenters. The summed E-state index contributed by atoms with van der Waals surface area (Å²) in [5, 5.41) is 55.6. The van der Waals surface area contributed by atoms with Gasteiger partial charge in [-0.25, -0.2) is 4.98 Å². The molecular weight excluding hydrogens is 371 g/mol. The van der Waals surface area contributed by atoms with Crippen molar-refractivity contribution in [1.82, 2.24) is 9.55 Å². The van der Waals surface area contributed by atoms with Gasteiger partial charge in [-0.15, -0.1) is 0 Å². The maximum atomic E-state index is 10.1. The third-order valence-corrected chi connectivity index (χ3v) is 1.67. The summed E-state index contributed by atoms with van der Waals surface area (Å²) in [6.45, 7) is 2.20. The number of aryl methyl sites for hydroxylation is 2. The largest absolute Gasteiger partial charge is 0.674 e. The molecule has 0 fully saturated rings. The first kappa shape index (κ1) is 32.5. The van der Waals surface area contributed by atoms with E-state index in [2.05, 4.69) is 16.5 Å². The Morgan fingerprint density at radius 3 is 1.35 bits per heavy atom. The molecule has 152 valence electrons. The fraction of sp³-hybridized carbons (Fsp3) is 0.625. The van der Waals surface area contributed by atoms with Gasteiger partial charge in [0, 0.05) is 25.9 Å². The van der Waals surface area contributed by atoms with Gasteiger partial charge in [-0.05, 0) is 6.42 Å². The predicted molar refractivity (Wildman–Crippen MR) is 87.0 cm³/mol. The Labute approximate surface area is 149 Å². The van der Waals surface area contributed by atoms with Crippen LogP contribution in [0.3, 0.4) is 0 Å². The first-order chi connectivity index (χ1) is 11.8.